The van der Waals surface area contributed by atoms with Crippen molar-refractivity contribution in [3.63, 3.8) is 0 Å². The van der Waals surface area contributed by atoms with Crippen molar-refractivity contribution in [2.45, 2.75) is 45.6 Å². The van der Waals surface area contributed by atoms with Crippen LogP contribution < -0.4 is 14.2 Å². The van der Waals surface area contributed by atoms with Crippen molar-refractivity contribution in [3.05, 3.63) is 59.2 Å². The maximum Gasteiger partial charge on any atom is 0.295 e. The van der Waals surface area contributed by atoms with Crippen LogP contribution in [0.25, 0.3) is 5.76 Å². The van der Waals surface area contributed by atoms with Crippen molar-refractivity contribution in [2.75, 3.05) is 47.5 Å². The van der Waals surface area contributed by atoms with Gasteiger partial charge in [0.15, 0.2) is 11.5 Å². The number of benzene rings is 2. The van der Waals surface area contributed by atoms with Gasteiger partial charge in [0, 0.05) is 12.1 Å². The molecule has 0 spiro atoms. The number of nitrogens with zero attached hydrogens (tertiary/aromatic N) is 2. The quantitative estimate of drug-likeness (QED) is 0.160. The number of methoxy groups -OCH3 is 1. The molecule has 2 aromatic carbocycles. The number of unbranched alkanes of at least 4 members (excludes halogenated alkanes) is 2. The van der Waals surface area contributed by atoms with E-state index in [-0.39, 0.29) is 11.3 Å². The summed E-state index contributed by atoms with van der Waals surface area (Å²) in [7, 11) is 5.48. The molecule has 1 unspecified atom stereocenters. The van der Waals surface area contributed by atoms with Crippen molar-refractivity contribution in [2.24, 2.45) is 0 Å². The molecule has 0 bridgehead atoms. The average Bonchev–Trinajstić information content (AvgIpc) is 3.16. The lowest BCUT2D eigenvalue weighted by Crippen LogP contribution is -2.32. The van der Waals surface area contributed by atoms with Crippen molar-refractivity contribution >= 4 is 17.4 Å². The van der Waals surface area contributed by atoms with Gasteiger partial charge in [0.25, 0.3) is 11.7 Å². The fourth-order valence-corrected chi connectivity index (χ4v) is 4.54. The number of Topliss-reactive ketones (excluding diaryl/α,β-unsaturated/α-hetero) is 1. The lowest BCUT2D eigenvalue weighted by molar-refractivity contribution is -0.139. The molecule has 1 amide bonds. The molecule has 1 N–H and O–H groups in total. The first-order chi connectivity index (χ1) is 18.3. The number of amides is 1. The van der Waals surface area contributed by atoms with Gasteiger partial charge in [0.05, 0.1) is 31.9 Å². The molecule has 1 aliphatic rings. The van der Waals surface area contributed by atoms with E-state index in [1.807, 2.05) is 44.1 Å². The molecule has 1 fully saturated rings. The van der Waals surface area contributed by atoms with Gasteiger partial charge in [-0.05, 0) is 82.4 Å². The second kappa shape index (κ2) is 13.9. The maximum absolute atomic E-state index is 13.3. The highest BCUT2D eigenvalue weighted by Gasteiger charge is 2.46. The van der Waals surface area contributed by atoms with Crippen molar-refractivity contribution < 1.29 is 28.9 Å². The molecule has 1 saturated heterocycles. The number of aliphatic hydroxyl groups excluding tert-OH is 1. The lowest BCUT2D eigenvalue weighted by atomic mass is 9.95. The van der Waals surface area contributed by atoms with Crippen LogP contribution in [0, 0.1) is 0 Å². The van der Waals surface area contributed by atoms with Crippen LogP contribution in [-0.2, 0) is 9.59 Å². The molecule has 38 heavy (non-hydrogen) atoms. The number of carbonyl (C=O) groups excluding carboxylic acids is 2. The van der Waals surface area contributed by atoms with Crippen LogP contribution in [0.15, 0.2) is 48.0 Å². The largest absolute Gasteiger partial charge is 0.507 e. The molecule has 8 heteroatoms. The molecule has 1 atom stereocenters. The average molecular weight is 525 g/mol. The minimum atomic E-state index is -0.757. The molecular weight excluding hydrogens is 484 g/mol. The Morgan fingerprint density at radius 2 is 1.71 bits per heavy atom. The minimum Gasteiger partial charge on any atom is -0.507 e. The molecule has 0 aliphatic carbocycles. The first-order valence-corrected chi connectivity index (χ1v) is 13.3. The molecule has 1 aliphatic heterocycles. The topological polar surface area (TPSA) is 88.5 Å². The Kier molecular flexibility index (Phi) is 10.6. The van der Waals surface area contributed by atoms with Gasteiger partial charge >= 0.3 is 0 Å². The van der Waals surface area contributed by atoms with Gasteiger partial charge < -0.3 is 29.1 Å². The Bertz CT molecular complexity index is 1130. The van der Waals surface area contributed by atoms with Crippen molar-refractivity contribution in [1.29, 1.82) is 0 Å². The van der Waals surface area contributed by atoms with Gasteiger partial charge in [-0.1, -0.05) is 25.8 Å². The maximum atomic E-state index is 13.3. The van der Waals surface area contributed by atoms with E-state index in [1.54, 1.807) is 36.3 Å². The molecular formula is C30H40N2O6. The smallest absolute Gasteiger partial charge is 0.295 e. The summed E-state index contributed by atoms with van der Waals surface area (Å²) < 4.78 is 17.1. The zero-order chi connectivity index (χ0) is 27.7. The summed E-state index contributed by atoms with van der Waals surface area (Å²) in [5.74, 6) is 0.242. The lowest BCUT2D eigenvalue weighted by Gasteiger charge is -2.26. The van der Waals surface area contributed by atoms with E-state index in [2.05, 4.69) is 6.92 Å². The third kappa shape index (κ3) is 6.86. The first-order valence-electron chi connectivity index (χ1n) is 13.3. The number of carbonyl (C=O) groups is 2. The fourth-order valence-electron chi connectivity index (χ4n) is 4.54. The SMILES string of the molecule is CCCCCOc1ccc(C2/C(=C(\O)c3ccc(OC)cc3)C(=O)C(=O)N2CCCN(C)C)cc1OCC. The van der Waals surface area contributed by atoms with Gasteiger partial charge in [-0.25, -0.2) is 0 Å². The third-order valence-corrected chi connectivity index (χ3v) is 6.50. The van der Waals surface area contributed by atoms with E-state index in [1.165, 1.54) is 0 Å². The summed E-state index contributed by atoms with van der Waals surface area (Å²) in [6.45, 7) is 6.16. The molecule has 8 nitrogen and oxygen atoms in total. The number of rotatable bonds is 14. The standard InChI is InChI=1S/C30H40N2O6/c1-6-8-9-19-38-24-16-13-22(20-25(24)37-7-2)27-26(28(33)21-11-14-23(36-5)15-12-21)29(34)30(35)32(27)18-10-17-31(3)4/h11-16,20,27,33H,6-10,17-19H2,1-5H3/b28-26+. The van der Waals surface area contributed by atoms with Gasteiger partial charge in [0.2, 0.25) is 0 Å². The highest BCUT2D eigenvalue weighted by molar-refractivity contribution is 6.46. The van der Waals surface area contributed by atoms with Crippen LogP contribution in [0.1, 0.15) is 56.7 Å². The summed E-state index contributed by atoms with van der Waals surface area (Å²) in [6.07, 6.45) is 3.80. The van der Waals surface area contributed by atoms with Crippen LogP contribution >= 0.6 is 0 Å². The zero-order valence-corrected chi connectivity index (χ0v) is 23.2. The highest BCUT2D eigenvalue weighted by Crippen LogP contribution is 2.42. The Morgan fingerprint density at radius 1 is 0.974 bits per heavy atom. The predicted octanol–water partition coefficient (Wildman–Crippen LogP) is 5.04. The second-order valence-corrected chi connectivity index (χ2v) is 9.57. The first kappa shape index (κ1) is 29.0. The molecule has 0 aromatic heterocycles. The zero-order valence-electron chi connectivity index (χ0n) is 23.2. The Balaban J connectivity index is 2.06. The molecule has 0 saturated carbocycles. The normalized spacial score (nSPS) is 16.8. The Hall–Kier alpha value is -3.52. The number of aliphatic hydroxyl groups is 1. The fraction of sp³-hybridized carbons (Fsp3) is 0.467. The van der Waals surface area contributed by atoms with Crippen LogP contribution in [0.5, 0.6) is 17.2 Å². The molecule has 3 rings (SSSR count). The highest BCUT2D eigenvalue weighted by atomic mass is 16.5. The van der Waals surface area contributed by atoms with Gasteiger partial charge in [-0.2, -0.15) is 0 Å². The molecule has 0 radical (unpaired) electrons. The van der Waals surface area contributed by atoms with Crippen LogP contribution in [0.4, 0.5) is 0 Å². The predicted molar refractivity (Wildman–Crippen MR) is 148 cm³/mol. The second-order valence-electron chi connectivity index (χ2n) is 9.57. The third-order valence-electron chi connectivity index (χ3n) is 6.50. The van der Waals surface area contributed by atoms with E-state index in [9.17, 15) is 14.7 Å². The summed E-state index contributed by atoms with van der Waals surface area (Å²) in [4.78, 5) is 30.1. The monoisotopic (exact) mass is 524 g/mol. The van der Waals surface area contributed by atoms with E-state index in [0.717, 1.165) is 25.8 Å². The Labute approximate surface area is 225 Å². The summed E-state index contributed by atoms with van der Waals surface area (Å²) in [5.41, 5.74) is 1.17. The number of ketones is 1. The van der Waals surface area contributed by atoms with Crippen LogP contribution in [-0.4, -0.2) is 74.1 Å². The summed E-state index contributed by atoms with van der Waals surface area (Å²) in [5, 5.41) is 11.3. The van der Waals surface area contributed by atoms with E-state index in [4.69, 9.17) is 14.2 Å². The number of ether oxygens (including phenoxy) is 3. The summed E-state index contributed by atoms with van der Waals surface area (Å²) >= 11 is 0. The molecule has 2 aromatic rings. The van der Waals surface area contributed by atoms with E-state index < -0.39 is 17.7 Å². The van der Waals surface area contributed by atoms with Gasteiger partial charge in [0.1, 0.15) is 11.5 Å². The number of hydrogen-bond acceptors (Lipinski definition) is 7. The van der Waals surface area contributed by atoms with Crippen molar-refractivity contribution in [1.82, 2.24) is 9.80 Å². The van der Waals surface area contributed by atoms with Crippen LogP contribution in [0.2, 0.25) is 0 Å². The number of likely N-dealkylation sites (tertiary alicyclic amines) is 1. The van der Waals surface area contributed by atoms with Gasteiger partial charge in [-0.15, -0.1) is 0 Å². The number of hydrogen-bond donors (Lipinski definition) is 1. The van der Waals surface area contributed by atoms with Crippen LogP contribution in [0.3, 0.4) is 0 Å². The molecule has 1 heterocycles. The van der Waals surface area contributed by atoms with Gasteiger partial charge in [-0.3, -0.25) is 9.59 Å². The summed E-state index contributed by atoms with van der Waals surface area (Å²) in [6, 6.07) is 11.5. The van der Waals surface area contributed by atoms with E-state index in [0.29, 0.717) is 54.6 Å². The van der Waals surface area contributed by atoms with E-state index >= 15 is 0 Å². The Morgan fingerprint density at radius 3 is 2.34 bits per heavy atom. The minimum absolute atomic E-state index is 0.0593. The van der Waals surface area contributed by atoms with Crippen molar-refractivity contribution in [3.8, 4) is 17.2 Å². The molecule has 206 valence electrons.